The highest BCUT2D eigenvalue weighted by Crippen LogP contribution is 2.39. The second-order valence-electron chi connectivity index (χ2n) is 6.20. The van der Waals surface area contributed by atoms with Crippen molar-refractivity contribution in [3.8, 4) is 11.5 Å². The zero-order chi connectivity index (χ0) is 19.9. The second kappa shape index (κ2) is 6.96. The van der Waals surface area contributed by atoms with Crippen LogP contribution in [0.2, 0.25) is 0 Å². The zero-order valence-corrected chi connectivity index (χ0v) is 17.1. The van der Waals surface area contributed by atoms with E-state index in [1.54, 1.807) is 43.4 Å². The first-order valence-corrected chi connectivity index (χ1v) is 10.6. The van der Waals surface area contributed by atoms with Crippen molar-refractivity contribution in [3.05, 3.63) is 76.8 Å². The van der Waals surface area contributed by atoms with Crippen molar-refractivity contribution in [3.63, 3.8) is 0 Å². The minimum atomic E-state index is -3.79. The van der Waals surface area contributed by atoms with Gasteiger partial charge in [-0.25, -0.2) is 8.42 Å². The predicted molar refractivity (Wildman–Crippen MR) is 111 cm³/mol. The Kier molecular flexibility index (Phi) is 4.60. The molecule has 0 radical (unpaired) electrons. The van der Waals surface area contributed by atoms with Crippen LogP contribution in [0.15, 0.2) is 76.1 Å². The summed E-state index contributed by atoms with van der Waals surface area (Å²) in [7, 11) is -2.14. The van der Waals surface area contributed by atoms with E-state index >= 15 is 0 Å². The molecular formula is C20H15BrN2O4S. The maximum atomic E-state index is 12.9. The van der Waals surface area contributed by atoms with E-state index in [2.05, 4.69) is 20.7 Å². The Bertz CT molecular complexity index is 1180. The summed E-state index contributed by atoms with van der Waals surface area (Å²) in [6.07, 6.45) is 0. The molecule has 28 heavy (non-hydrogen) atoms. The lowest BCUT2D eigenvalue weighted by molar-refractivity contribution is 0.0993. The van der Waals surface area contributed by atoms with Gasteiger partial charge in [0.05, 0.1) is 16.1 Å². The Morgan fingerprint density at radius 1 is 0.964 bits per heavy atom. The van der Waals surface area contributed by atoms with Crippen molar-refractivity contribution in [2.24, 2.45) is 0 Å². The number of nitrogens with one attached hydrogen (secondary N) is 1. The van der Waals surface area contributed by atoms with Gasteiger partial charge in [-0.15, -0.1) is 0 Å². The molecule has 3 aromatic rings. The summed E-state index contributed by atoms with van der Waals surface area (Å²) >= 11 is 3.28. The molecule has 3 aromatic carbocycles. The van der Waals surface area contributed by atoms with Gasteiger partial charge in [-0.1, -0.05) is 28.1 Å². The summed E-state index contributed by atoms with van der Waals surface area (Å²) in [6.45, 7) is 0. The number of nitrogens with zero attached hydrogens (tertiary/aromatic N) is 1. The van der Waals surface area contributed by atoms with Gasteiger partial charge in [0.2, 0.25) is 0 Å². The molecule has 1 amide bonds. The van der Waals surface area contributed by atoms with Crippen molar-refractivity contribution in [1.82, 2.24) is 0 Å². The molecule has 0 aliphatic carbocycles. The third kappa shape index (κ3) is 3.36. The lowest BCUT2D eigenvalue weighted by atomic mass is 10.1. The Hall–Kier alpha value is -2.84. The van der Waals surface area contributed by atoms with E-state index in [9.17, 15) is 13.2 Å². The van der Waals surface area contributed by atoms with Crippen LogP contribution in [0.4, 0.5) is 11.4 Å². The molecule has 8 heteroatoms. The molecule has 0 fully saturated rings. The quantitative estimate of drug-likeness (QED) is 0.620. The highest BCUT2D eigenvalue weighted by Gasteiger charge is 2.26. The van der Waals surface area contributed by atoms with E-state index in [1.165, 1.54) is 23.1 Å². The molecule has 0 atom stereocenters. The molecule has 0 bridgehead atoms. The summed E-state index contributed by atoms with van der Waals surface area (Å²) in [5.74, 6) is 0.637. The molecular weight excluding hydrogens is 444 g/mol. The molecule has 0 aromatic heterocycles. The minimum absolute atomic E-state index is 0.123. The van der Waals surface area contributed by atoms with Crippen LogP contribution < -0.4 is 14.4 Å². The molecule has 0 saturated carbocycles. The fourth-order valence-corrected chi connectivity index (χ4v) is 4.22. The van der Waals surface area contributed by atoms with Crippen LogP contribution in [-0.4, -0.2) is 21.4 Å². The van der Waals surface area contributed by atoms with Crippen LogP contribution >= 0.6 is 15.9 Å². The fraction of sp³-hybridized carbons (Fsp3) is 0.0500. The Balaban J connectivity index is 1.70. The number of sulfonamides is 1. The van der Waals surface area contributed by atoms with Gasteiger partial charge in [0, 0.05) is 17.2 Å². The number of para-hydroxylation sites is 2. The van der Waals surface area contributed by atoms with Gasteiger partial charge in [0.1, 0.15) is 5.75 Å². The standard InChI is InChI=1S/C20H15BrN2O4S/c1-23-17-4-2-3-5-19(17)27-18-11-8-14(12-16(18)20(23)24)22-28(25,26)15-9-6-13(21)7-10-15/h2-12,22H,1H3. The average molecular weight is 459 g/mol. The van der Waals surface area contributed by atoms with E-state index in [0.29, 0.717) is 17.2 Å². The van der Waals surface area contributed by atoms with Gasteiger partial charge < -0.3 is 9.64 Å². The average Bonchev–Trinajstić information content (AvgIpc) is 2.78. The van der Waals surface area contributed by atoms with Gasteiger partial charge in [-0.05, 0) is 54.6 Å². The number of hydrogen-bond donors (Lipinski definition) is 1. The number of carbonyl (C=O) groups excluding carboxylic acids is 1. The number of halogens is 1. The molecule has 142 valence electrons. The molecule has 1 aliphatic heterocycles. The third-order valence-electron chi connectivity index (χ3n) is 4.34. The number of ether oxygens (including phenoxy) is 1. The molecule has 1 aliphatic rings. The zero-order valence-electron chi connectivity index (χ0n) is 14.7. The summed E-state index contributed by atoms with van der Waals surface area (Å²) in [5.41, 5.74) is 1.19. The van der Waals surface area contributed by atoms with Crippen LogP contribution in [0.25, 0.3) is 0 Å². The van der Waals surface area contributed by atoms with E-state index in [4.69, 9.17) is 4.74 Å². The Morgan fingerprint density at radius 3 is 2.43 bits per heavy atom. The molecule has 0 unspecified atom stereocenters. The molecule has 0 spiro atoms. The van der Waals surface area contributed by atoms with Crippen LogP contribution in [0.5, 0.6) is 11.5 Å². The summed E-state index contributed by atoms with van der Waals surface area (Å²) in [4.78, 5) is 14.5. The number of anilines is 2. The van der Waals surface area contributed by atoms with Crippen molar-refractivity contribution >= 4 is 43.2 Å². The molecule has 6 nitrogen and oxygen atoms in total. The second-order valence-corrected chi connectivity index (χ2v) is 8.80. The molecule has 0 saturated heterocycles. The van der Waals surface area contributed by atoms with E-state index in [-0.39, 0.29) is 22.1 Å². The van der Waals surface area contributed by atoms with Crippen molar-refractivity contribution in [1.29, 1.82) is 0 Å². The number of benzene rings is 3. The van der Waals surface area contributed by atoms with Gasteiger partial charge in [-0.2, -0.15) is 0 Å². The first kappa shape index (κ1) is 18.5. The summed E-state index contributed by atoms with van der Waals surface area (Å²) < 4.78 is 34.4. The monoisotopic (exact) mass is 458 g/mol. The normalized spacial score (nSPS) is 13.2. The lowest BCUT2D eigenvalue weighted by Gasteiger charge is -2.16. The van der Waals surface area contributed by atoms with E-state index < -0.39 is 10.0 Å². The van der Waals surface area contributed by atoms with E-state index in [1.807, 2.05) is 12.1 Å². The van der Waals surface area contributed by atoms with Crippen molar-refractivity contribution in [2.45, 2.75) is 4.90 Å². The first-order chi connectivity index (χ1) is 13.3. The van der Waals surface area contributed by atoms with Crippen molar-refractivity contribution in [2.75, 3.05) is 16.7 Å². The fourth-order valence-electron chi connectivity index (χ4n) is 2.91. The number of fused-ring (bicyclic) bond motifs is 2. The minimum Gasteiger partial charge on any atom is -0.454 e. The number of amides is 1. The third-order valence-corrected chi connectivity index (χ3v) is 6.26. The number of rotatable bonds is 3. The topological polar surface area (TPSA) is 75.7 Å². The molecule has 4 rings (SSSR count). The summed E-state index contributed by atoms with van der Waals surface area (Å²) in [5, 5.41) is 0. The Labute approximate surface area is 170 Å². The SMILES string of the molecule is CN1C(=O)c2cc(NS(=O)(=O)c3ccc(Br)cc3)ccc2Oc2ccccc21. The van der Waals surface area contributed by atoms with Crippen LogP contribution in [0, 0.1) is 0 Å². The highest BCUT2D eigenvalue weighted by molar-refractivity contribution is 9.10. The van der Waals surface area contributed by atoms with Crippen molar-refractivity contribution < 1.29 is 17.9 Å². The molecule has 1 heterocycles. The van der Waals surface area contributed by atoms with Gasteiger partial charge in [-0.3, -0.25) is 9.52 Å². The van der Waals surface area contributed by atoms with Gasteiger partial charge in [0.25, 0.3) is 15.9 Å². The Morgan fingerprint density at radius 2 is 1.68 bits per heavy atom. The van der Waals surface area contributed by atoms with Gasteiger partial charge in [0.15, 0.2) is 5.75 Å². The summed E-state index contributed by atoms with van der Waals surface area (Å²) in [6, 6.07) is 18.1. The number of hydrogen-bond acceptors (Lipinski definition) is 4. The maximum Gasteiger partial charge on any atom is 0.261 e. The van der Waals surface area contributed by atoms with Crippen LogP contribution in [0.1, 0.15) is 10.4 Å². The largest absolute Gasteiger partial charge is 0.454 e. The van der Waals surface area contributed by atoms with Gasteiger partial charge >= 0.3 is 0 Å². The smallest absolute Gasteiger partial charge is 0.261 e. The highest BCUT2D eigenvalue weighted by atomic mass is 79.9. The first-order valence-electron chi connectivity index (χ1n) is 8.32. The number of carbonyl (C=O) groups is 1. The predicted octanol–water partition coefficient (Wildman–Crippen LogP) is 4.63. The van der Waals surface area contributed by atoms with Crippen LogP contribution in [0.3, 0.4) is 0 Å². The maximum absolute atomic E-state index is 12.9. The lowest BCUT2D eigenvalue weighted by Crippen LogP contribution is -2.25. The van der Waals surface area contributed by atoms with E-state index in [0.717, 1.165) is 4.47 Å². The van der Waals surface area contributed by atoms with Crippen LogP contribution in [-0.2, 0) is 10.0 Å². The molecule has 1 N–H and O–H groups in total.